The highest BCUT2D eigenvalue weighted by atomic mass is 16.5. The Balaban J connectivity index is 3.06. The van der Waals surface area contributed by atoms with Gasteiger partial charge in [0.15, 0.2) is 0 Å². The number of rotatable bonds is 2. The lowest BCUT2D eigenvalue weighted by Gasteiger charge is -2.12. The largest absolute Gasteiger partial charge is 0.496 e. The first-order chi connectivity index (χ1) is 6.56. The van der Waals surface area contributed by atoms with Crippen molar-refractivity contribution in [2.45, 2.75) is 6.92 Å². The number of nitrogens with zero attached hydrogens (tertiary/aromatic N) is 1. The van der Waals surface area contributed by atoms with Crippen LogP contribution in [0.15, 0.2) is 18.2 Å². The highest BCUT2D eigenvalue weighted by Gasteiger charge is 2.09. The summed E-state index contributed by atoms with van der Waals surface area (Å²) in [6.07, 6.45) is 0. The van der Waals surface area contributed by atoms with E-state index >= 15 is 0 Å². The van der Waals surface area contributed by atoms with Gasteiger partial charge in [0.1, 0.15) is 5.75 Å². The van der Waals surface area contributed by atoms with Gasteiger partial charge < -0.3 is 9.64 Å². The molecule has 0 heterocycles. The molecule has 0 radical (unpaired) electrons. The van der Waals surface area contributed by atoms with Gasteiger partial charge in [-0.3, -0.25) is 4.79 Å². The Morgan fingerprint density at radius 3 is 2.50 bits per heavy atom. The molecular formula is C11H15NO2. The Hall–Kier alpha value is -1.51. The van der Waals surface area contributed by atoms with Gasteiger partial charge in [0.2, 0.25) is 0 Å². The van der Waals surface area contributed by atoms with Crippen molar-refractivity contribution in [1.82, 2.24) is 4.90 Å². The molecule has 0 aromatic heterocycles. The van der Waals surface area contributed by atoms with Gasteiger partial charge in [-0.2, -0.15) is 0 Å². The summed E-state index contributed by atoms with van der Waals surface area (Å²) in [4.78, 5) is 13.1. The Bertz CT molecular complexity index is 345. The summed E-state index contributed by atoms with van der Waals surface area (Å²) in [5.41, 5.74) is 1.68. The third kappa shape index (κ3) is 2.05. The van der Waals surface area contributed by atoms with E-state index in [0.717, 1.165) is 11.3 Å². The van der Waals surface area contributed by atoms with E-state index in [9.17, 15) is 4.79 Å². The van der Waals surface area contributed by atoms with Crippen LogP contribution in [0.5, 0.6) is 5.75 Å². The van der Waals surface area contributed by atoms with Crippen LogP contribution in [-0.2, 0) is 0 Å². The first kappa shape index (κ1) is 10.6. The van der Waals surface area contributed by atoms with Gasteiger partial charge in [0.05, 0.1) is 7.11 Å². The van der Waals surface area contributed by atoms with Crippen LogP contribution < -0.4 is 4.74 Å². The fourth-order valence-corrected chi connectivity index (χ4v) is 1.21. The Kier molecular flexibility index (Phi) is 3.12. The van der Waals surface area contributed by atoms with Crippen LogP contribution in [-0.4, -0.2) is 32.0 Å². The number of hydrogen-bond acceptors (Lipinski definition) is 2. The van der Waals surface area contributed by atoms with Gasteiger partial charge in [-0.15, -0.1) is 0 Å². The van der Waals surface area contributed by atoms with Gasteiger partial charge in [0.25, 0.3) is 5.91 Å². The van der Waals surface area contributed by atoms with E-state index in [2.05, 4.69) is 0 Å². The average Bonchev–Trinajstić information content (AvgIpc) is 2.17. The molecule has 0 bridgehead atoms. The van der Waals surface area contributed by atoms with Crippen LogP contribution in [0, 0.1) is 6.92 Å². The predicted molar refractivity (Wildman–Crippen MR) is 55.7 cm³/mol. The van der Waals surface area contributed by atoms with Gasteiger partial charge in [-0.05, 0) is 24.6 Å². The number of benzene rings is 1. The van der Waals surface area contributed by atoms with Crippen molar-refractivity contribution in [2.24, 2.45) is 0 Å². The molecule has 0 unspecified atom stereocenters. The van der Waals surface area contributed by atoms with E-state index in [-0.39, 0.29) is 5.91 Å². The van der Waals surface area contributed by atoms with Gasteiger partial charge in [-0.25, -0.2) is 0 Å². The molecule has 76 valence electrons. The van der Waals surface area contributed by atoms with E-state index < -0.39 is 0 Å². The van der Waals surface area contributed by atoms with Crippen LogP contribution >= 0.6 is 0 Å². The SMILES string of the molecule is COc1cc(C(=O)N(C)C)ccc1C. The van der Waals surface area contributed by atoms with Crippen LogP contribution in [0.25, 0.3) is 0 Å². The van der Waals surface area contributed by atoms with Crippen LogP contribution in [0.2, 0.25) is 0 Å². The summed E-state index contributed by atoms with van der Waals surface area (Å²) in [5.74, 6) is 0.737. The zero-order chi connectivity index (χ0) is 10.7. The van der Waals surface area contributed by atoms with Crippen molar-refractivity contribution in [3.63, 3.8) is 0 Å². The van der Waals surface area contributed by atoms with E-state index in [4.69, 9.17) is 4.74 Å². The lowest BCUT2D eigenvalue weighted by Crippen LogP contribution is -2.21. The fourth-order valence-electron chi connectivity index (χ4n) is 1.21. The molecule has 3 nitrogen and oxygen atoms in total. The topological polar surface area (TPSA) is 29.5 Å². The van der Waals surface area contributed by atoms with Gasteiger partial charge >= 0.3 is 0 Å². The van der Waals surface area contributed by atoms with E-state index in [0.29, 0.717) is 5.56 Å². The molecule has 14 heavy (non-hydrogen) atoms. The van der Waals surface area contributed by atoms with E-state index in [1.54, 1.807) is 38.2 Å². The van der Waals surface area contributed by atoms with Crippen molar-refractivity contribution < 1.29 is 9.53 Å². The monoisotopic (exact) mass is 193 g/mol. The zero-order valence-corrected chi connectivity index (χ0v) is 9.00. The van der Waals surface area contributed by atoms with E-state index in [1.807, 2.05) is 13.0 Å². The predicted octanol–water partition coefficient (Wildman–Crippen LogP) is 1.71. The summed E-state index contributed by atoms with van der Waals surface area (Å²) >= 11 is 0. The summed E-state index contributed by atoms with van der Waals surface area (Å²) in [6.45, 7) is 1.95. The number of aryl methyl sites for hydroxylation is 1. The molecule has 1 aromatic carbocycles. The third-order valence-corrected chi connectivity index (χ3v) is 2.06. The molecule has 0 fully saturated rings. The molecule has 0 aliphatic carbocycles. The second-order valence-electron chi connectivity index (χ2n) is 3.38. The smallest absolute Gasteiger partial charge is 0.253 e. The van der Waals surface area contributed by atoms with Crippen molar-refractivity contribution in [3.05, 3.63) is 29.3 Å². The lowest BCUT2D eigenvalue weighted by atomic mass is 10.1. The molecule has 1 rings (SSSR count). The summed E-state index contributed by atoms with van der Waals surface area (Å²) < 4.78 is 5.14. The van der Waals surface area contributed by atoms with Gasteiger partial charge in [0, 0.05) is 19.7 Å². The molecule has 1 amide bonds. The molecule has 0 N–H and O–H groups in total. The maximum Gasteiger partial charge on any atom is 0.253 e. The number of methoxy groups -OCH3 is 1. The molecule has 0 spiro atoms. The number of hydrogen-bond donors (Lipinski definition) is 0. The molecule has 1 aromatic rings. The first-order valence-electron chi connectivity index (χ1n) is 4.42. The highest BCUT2D eigenvalue weighted by molar-refractivity contribution is 5.94. The molecule has 0 saturated heterocycles. The maximum absolute atomic E-state index is 11.6. The Morgan fingerprint density at radius 2 is 2.00 bits per heavy atom. The number of carbonyl (C=O) groups excluding carboxylic acids is 1. The quantitative estimate of drug-likeness (QED) is 0.715. The summed E-state index contributed by atoms with van der Waals surface area (Å²) in [7, 11) is 5.07. The zero-order valence-electron chi connectivity index (χ0n) is 9.00. The number of ether oxygens (including phenoxy) is 1. The summed E-state index contributed by atoms with van der Waals surface area (Å²) in [5, 5.41) is 0. The lowest BCUT2D eigenvalue weighted by molar-refractivity contribution is 0.0827. The van der Waals surface area contributed by atoms with Crippen molar-refractivity contribution in [3.8, 4) is 5.75 Å². The van der Waals surface area contributed by atoms with Crippen molar-refractivity contribution in [1.29, 1.82) is 0 Å². The fraction of sp³-hybridized carbons (Fsp3) is 0.364. The Morgan fingerprint density at radius 1 is 1.36 bits per heavy atom. The molecule has 0 atom stereocenters. The minimum absolute atomic E-state index is 0.0108. The second-order valence-corrected chi connectivity index (χ2v) is 3.38. The second kappa shape index (κ2) is 4.13. The molecular weight excluding hydrogens is 178 g/mol. The van der Waals surface area contributed by atoms with E-state index in [1.165, 1.54) is 0 Å². The number of carbonyl (C=O) groups is 1. The average molecular weight is 193 g/mol. The molecule has 0 saturated carbocycles. The van der Waals surface area contributed by atoms with Crippen molar-refractivity contribution >= 4 is 5.91 Å². The van der Waals surface area contributed by atoms with Crippen LogP contribution in [0.1, 0.15) is 15.9 Å². The normalized spacial score (nSPS) is 9.71. The van der Waals surface area contributed by atoms with Gasteiger partial charge in [-0.1, -0.05) is 6.07 Å². The van der Waals surface area contributed by atoms with Crippen molar-refractivity contribution in [2.75, 3.05) is 21.2 Å². The minimum atomic E-state index is -0.0108. The standard InChI is InChI=1S/C11H15NO2/c1-8-5-6-9(7-10(8)14-4)11(13)12(2)3/h5-7H,1-4H3. The Labute approximate surface area is 84.3 Å². The maximum atomic E-state index is 11.6. The molecule has 0 aliphatic rings. The first-order valence-corrected chi connectivity index (χ1v) is 4.42. The van der Waals surface area contributed by atoms with Crippen LogP contribution in [0.4, 0.5) is 0 Å². The third-order valence-electron chi connectivity index (χ3n) is 2.06. The minimum Gasteiger partial charge on any atom is -0.496 e. The number of amides is 1. The highest BCUT2D eigenvalue weighted by Crippen LogP contribution is 2.19. The molecule has 3 heteroatoms. The van der Waals surface area contributed by atoms with Crippen LogP contribution in [0.3, 0.4) is 0 Å². The molecule has 0 aliphatic heterocycles. The summed E-state index contributed by atoms with van der Waals surface area (Å²) in [6, 6.07) is 5.45.